The lowest BCUT2D eigenvalue weighted by Gasteiger charge is -2.25. The Hall–Kier alpha value is -0.770. The Morgan fingerprint density at radius 2 is 2.21 bits per heavy atom. The van der Waals surface area contributed by atoms with Gasteiger partial charge in [0.2, 0.25) is 0 Å². The lowest BCUT2D eigenvalue weighted by molar-refractivity contribution is 0.101. The molecule has 0 heterocycles. The summed E-state index contributed by atoms with van der Waals surface area (Å²) in [6.07, 6.45) is 3.76. The van der Waals surface area contributed by atoms with Crippen LogP contribution in [0.25, 0.3) is 0 Å². The van der Waals surface area contributed by atoms with Gasteiger partial charge in [0.05, 0.1) is 6.10 Å². The predicted octanol–water partition coefficient (Wildman–Crippen LogP) is 0.857. The molecule has 0 aromatic rings. The second-order valence-corrected chi connectivity index (χ2v) is 3.93. The van der Waals surface area contributed by atoms with Gasteiger partial charge < -0.3 is 15.7 Å². The van der Waals surface area contributed by atoms with Gasteiger partial charge in [0.25, 0.3) is 0 Å². The smallest absolute Gasteiger partial charge is 0.314 e. The van der Waals surface area contributed by atoms with Crippen LogP contribution in [-0.2, 0) is 0 Å². The Labute approximate surface area is 85.1 Å². The molecular weight excluding hydrogens is 180 g/mol. The van der Waals surface area contributed by atoms with E-state index >= 15 is 0 Å². The second kappa shape index (κ2) is 5.86. The third-order valence-corrected chi connectivity index (χ3v) is 2.64. The van der Waals surface area contributed by atoms with E-state index in [-0.39, 0.29) is 12.1 Å². The van der Waals surface area contributed by atoms with Crippen LogP contribution in [0.3, 0.4) is 0 Å². The minimum atomic E-state index is -0.162. The van der Waals surface area contributed by atoms with E-state index in [1.807, 2.05) is 6.92 Å². The van der Waals surface area contributed by atoms with Crippen LogP contribution >= 0.6 is 0 Å². The van der Waals surface area contributed by atoms with Crippen molar-refractivity contribution >= 4 is 6.03 Å². The van der Waals surface area contributed by atoms with E-state index in [4.69, 9.17) is 0 Å². The SMILES string of the molecule is CCNC(=O)NCC1CCCC(O)C1. The van der Waals surface area contributed by atoms with Crippen molar-refractivity contribution in [3.8, 4) is 0 Å². The molecule has 82 valence electrons. The number of hydrogen-bond donors (Lipinski definition) is 3. The summed E-state index contributed by atoms with van der Waals surface area (Å²) >= 11 is 0. The molecule has 4 heteroatoms. The first-order chi connectivity index (χ1) is 6.72. The molecule has 1 saturated carbocycles. The van der Waals surface area contributed by atoms with E-state index in [2.05, 4.69) is 10.6 Å². The minimum absolute atomic E-state index is 0.104. The van der Waals surface area contributed by atoms with Gasteiger partial charge in [-0.2, -0.15) is 0 Å². The zero-order valence-electron chi connectivity index (χ0n) is 8.75. The van der Waals surface area contributed by atoms with Gasteiger partial charge in [-0.1, -0.05) is 6.42 Å². The summed E-state index contributed by atoms with van der Waals surface area (Å²) in [6.45, 7) is 3.23. The van der Waals surface area contributed by atoms with E-state index < -0.39 is 0 Å². The molecule has 4 nitrogen and oxygen atoms in total. The van der Waals surface area contributed by atoms with Gasteiger partial charge in [-0.05, 0) is 32.1 Å². The van der Waals surface area contributed by atoms with Crippen LogP contribution in [0.5, 0.6) is 0 Å². The zero-order chi connectivity index (χ0) is 10.4. The summed E-state index contributed by atoms with van der Waals surface area (Å²) in [5.74, 6) is 0.446. The van der Waals surface area contributed by atoms with Crippen molar-refractivity contribution in [3.63, 3.8) is 0 Å². The average Bonchev–Trinajstić information content (AvgIpc) is 2.15. The molecule has 0 saturated heterocycles. The van der Waals surface area contributed by atoms with Gasteiger partial charge in [-0.3, -0.25) is 0 Å². The largest absolute Gasteiger partial charge is 0.393 e. The van der Waals surface area contributed by atoms with Crippen molar-refractivity contribution in [1.82, 2.24) is 10.6 Å². The monoisotopic (exact) mass is 200 g/mol. The molecule has 14 heavy (non-hydrogen) atoms. The van der Waals surface area contributed by atoms with Crippen LogP contribution in [0.1, 0.15) is 32.6 Å². The van der Waals surface area contributed by atoms with Gasteiger partial charge in [0.1, 0.15) is 0 Å². The molecule has 2 unspecified atom stereocenters. The van der Waals surface area contributed by atoms with E-state index in [1.165, 1.54) is 0 Å². The highest BCUT2D eigenvalue weighted by Gasteiger charge is 2.20. The molecule has 1 aliphatic rings. The highest BCUT2D eigenvalue weighted by Crippen LogP contribution is 2.23. The second-order valence-electron chi connectivity index (χ2n) is 3.93. The average molecular weight is 200 g/mol. The minimum Gasteiger partial charge on any atom is -0.393 e. The van der Waals surface area contributed by atoms with Crippen LogP contribution < -0.4 is 10.6 Å². The molecule has 0 aromatic carbocycles. The van der Waals surface area contributed by atoms with Crippen molar-refractivity contribution in [2.45, 2.75) is 38.7 Å². The molecule has 0 aromatic heterocycles. The Morgan fingerprint density at radius 1 is 1.43 bits per heavy atom. The number of nitrogens with one attached hydrogen (secondary N) is 2. The third-order valence-electron chi connectivity index (χ3n) is 2.64. The van der Waals surface area contributed by atoms with Crippen molar-refractivity contribution in [2.24, 2.45) is 5.92 Å². The topological polar surface area (TPSA) is 61.4 Å². The number of amides is 2. The highest BCUT2D eigenvalue weighted by atomic mass is 16.3. The number of aliphatic hydroxyl groups is 1. The standard InChI is InChI=1S/C10H20N2O2/c1-2-11-10(14)12-7-8-4-3-5-9(13)6-8/h8-9,13H,2-7H2,1H3,(H2,11,12,14). The number of carbonyl (C=O) groups is 1. The number of aliphatic hydroxyl groups excluding tert-OH is 1. The summed E-state index contributed by atoms with van der Waals surface area (Å²) in [5, 5.41) is 14.9. The Morgan fingerprint density at radius 3 is 2.86 bits per heavy atom. The zero-order valence-corrected chi connectivity index (χ0v) is 8.75. The normalized spacial score (nSPS) is 27.0. The maximum absolute atomic E-state index is 11.1. The molecule has 1 fully saturated rings. The molecule has 0 bridgehead atoms. The molecule has 2 atom stereocenters. The Kier molecular flexibility index (Phi) is 4.73. The molecule has 3 N–H and O–H groups in total. The molecular formula is C10H20N2O2. The first kappa shape index (κ1) is 11.3. The molecule has 1 aliphatic carbocycles. The number of carbonyl (C=O) groups excluding carboxylic acids is 1. The fourth-order valence-corrected chi connectivity index (χ4v) is 1.91. The first-order valence-electron chi connectivity index (χ1n) is 5.42. The number of rotatable bonds is 3. The lowest BCUT2D eigenvalue weighted by atomic mass is 9.87. The summed E-state index contributed by atoms with van der Waals surface area (Å²) in [7, 11) is 0. The molecule has 0 aliphatic heterocycles. The third kappa shape index (κ3) is 3.96. The van der Waals surface area contributed by atoms with Crippen LogP contribution in [0, 0.1) is 5.92 Å². The van der Waals surface area contributed by atoms with E-state index in [1.54, 1.807) is 0 Å². The number of urea groups is 1. The van der Waals surface area contributed by atoms with Crippen molar-refractivity contribution in [3.05, 3.63) is 0 Å². The van der Waals surface area contributed by atoms with E-state index in [9.17, 15) is 9.90 Å². The summed E-state index contributed by atoms with van der Waals surface area (Å²) in [5.41, 5.74) is 0. The fourth-order valence-electron chi connectivity index (χ4n) is 1.91. The Bertz CT molecular complexity index is 185. The van der Waals surface area contributed by atoms with Crippen molar-refractivity contribution in [2.75, 3.05) is 13.1 Å². The van der Waals surface area contributed by atoms with Crippen molar-refractivity contribution < 1.29 is 9.90 Å². The molecule has 0 spiro atoms. The van der Waals surface area contributed by atoms with Crippen LogP contribution in [0.15, 0.2) is 0 Å². The van der Waals surface area contributed by atoms with Crippen LogP contribution in [0.2, 0.25) is 0 Å². The summed E-state index contributed by atoms with van der Waals surface area (Å²) in [4.78, 5) is 11.1. The summed E-state index contributed by atoms with van der Waals surface area (Å²) < 4.78 is 0. The van der Waals surface area contributed by atoms with Crippen LogP contribution in [-0.4, -0.2) is 30.3 Å². The molecule has 2 amide bonds. The first-order valence-corrected chi connectivity index (χ1v) is 5.42. The number of hydrogen-bond acceptors (Lipinski definition) is 2. The molecule has 0 radical (unpaired) electrons. The van der Waals surface area contributed by atoms with Crippen molar-refractivity contribution in [1.29, 1.82) is 0 Å². The van der Waals surface area contributed by atoms with Gasteiger partial charge in [0, 0.05) is 13.1 Å². The quantitative estimate of drug-likeness (QED) is 0.632. The Balaban J connectivity index is 2.14. The fraction of sp³-hybridized carbons (Fsp3) is 0.900. The van der Waals surface area contributed by atoms with Crippen LogP contribution in [0.4, 0.5) is 4.79 Å². The lowest BCUT2D eigenvalue weighted by Crippen LogP contribution is -2.39. The maximum Gasteiger partial charge on any atom is 0.314 e. The predicted molar refractivity (Wildman–Crippen MR) is 55.0 cm³/mol. The van der Waals surface area contributed by atoms with E-state index in [0.717, 1.165) is 25.7 Å². The van der Waals surface area contributed by atoms with Gasteiger partial charge in [-0.15, -0.1) is 0 Å². The highest BCUT2D eigenvalue weighted by molar-refractivity contribution is 5.73. The van der Waals surface area contributed by atoms with Gasteiger partial charge in [0.15, 0.2) is 0 Å². The van der Waals surface area contributed by atoms with E-state index in [0.29, 0.717) is 19.0 Å². The van der Waals surface area contributed by atoms with Gasteiger partial charge in [-0.25, -0.2) is 4.79 Å². The maximum atomic E-state index is 11.1. The van der Waals surface area contributed by atoms with Gasteiger partial charge >= 0.3 is 6.03 Å². The summed E-state index contributed by atoms with van der Waals surface area (Å²) in [6, 6.07) is -0.104. The molecule has 1 rings (SSSR count).